The van der Waals surface area contributed by atoms with Crippen LogP contribution in [-0.4, -0.2) is 17.0 Å². The van der Waals surface area contributed by atoms with Crippen molar-refractivity contribution < 1.29 is 9.36 Å². The Kier molecular flexibility index (Phi) is 6.99. The highest BCUT2D eigenvalue weighted by atomic mass is 31.2. The van der Waals surface area contributed by atoms with Gasteiger partial charge in [0.15, 0.2) is 7.14 Å². The van der Waals surface area contributed by atoms with Crippen LogP contribution in [0.1, 0.15) is 11.1 Å². The van der Waals surface area contributed by atoms with Gasteiger partial charge in [-0.25, -0.2) is 0 Å². The normalized spacial score (nSPS) is 11.1. The third kappa shape index (κ3) is 5.25. The lowest BCUT2D eigenvalue weighted by molar-refractivity contribution is -0.129. The molecule has 1 amide bonds. The molecule has 0 bridgehead atoms. The molecular weight excluding hydrogens is 413 g/mol. The molecule has 0 aromatic heterocycles. The molecule has 0 saturated carbocycles. The zero-order valence-electron chi connectivity index (χ0n) is 17.9. The van der Waals surface area contributed by atoms with E-state index in [0.717, 1.165) is 11.1 Å². The molecule has 4 heteroatoms. The van der Waals surface area contributed by atoms with E-state index in [1.807, 2.05) is 126 Å². The Bertz CT molecular complexity index is 1090. The van der Waals surface area contributed by atoms with Crippen molar-refractivity contribution in [1.29, 1.82) is 0 Å². The van der Waals surface area contributed by atoms with Gasteiger partial charge in [-0.05, 0) is 11.1 Å². The van der Waals surface area contributed by atoms with E-state index in [1.54, 1.807) is 0 Å². The summed E-state index contributed by atoms with van der Waals surface area (Å²) in [5, 5.41) is 1.41. The average Bonchev–Trinajstić information content (AvgIpc) is 2.86. The Morgan fingerprint density at radius 3 is 1.28 bits per heavy atom. The summed E-state index contributed by atoms with van der Waals surface area (Å²) in [7, 11) is -3.13. The number of benzene rings is 4. The van der Waals surface area contributed by atoms with Crippen molar-refractivity contribution in [2.75, 3.05) is 6.16 Å². The fourth-order valence-electron chi connectivity index (χ4n) is 3.80. The molecule has 0 heterocycles. The number of nitrogens with zero attached hydrogens (tertiary/aromatic N) is 1. The lowest BCUT2D eigenvalue weighted by Crippen LogP contribution is -2.35. The first kappa shape index (κ1) is 21.8. The smallest absolute Gasteiger partial charge is 0.231 e. The minimum atomic E-state index is -3.13. The SMILES string of the molecule is O=C(CP(=O)(c1ccccc1)c1ccccc1)N(Cc1ccccc1)Cc1ccccc1. The van der Waals surface area contributed by atoms with Gasteiger partial charge in [0.1, 0.15) is 0 Å². The van der Waals surface area contributed by atoms with Gasteiger partial charge in [0.05, 0.1) is 6.16 Å². The van der Waals surface area contributed by atoms with Crippen molar-refractivity contribution in [3.05, 3.63) is 132 Å². The molecule has 4 aromatic carbocycles. The fourth-order valence-corrected chi connectivity index (χ4v) is 6.35. The van der Waals surface area contributed by atoms with Crippen LogP contribution in [0.5, 0.6) is 0 Å². The molecule has 160 valence electrons. The van der Waals surface area contributed by atoms with Gasteiger partial charge in [-0.3, -0.25) is 4.79 Å². The van der Waals surface area contributed by atoms with Gasteiger partial charge >= 0.3 is 0 Å². The number of hydrogen-bond donors (Lipinski definition) is 0. The Balaban J connectivity index is 1.67. The van der Waals surface area contributed by atoms with Crippen LogP contribution in [0, 0.1) is 0 Å². The molecule has 0 aliphatic carbocycles. The number of hydrogen-bond acceptors (Lipinski definition) is 2. The summed E-state index contributed by atoms with van der Waals surface area (Å²) in [4.78, 5) is 15.5. The lowest BCUT2D eigenvalue weighted by Gasteiger charge is -2.26. The van der Waals surface area contributed by atoms with Gasteiger partial charge in [-0.2, -0.15) is 0 Å². The van der Waals surface area contributed by atoms with Gasteiger partial charge in [0, 0.05) is 23.7 Å². The maximum absolute atomic E-state index is 14.4. The van der Waals surface area contributed by atoms with E-state index in [1.165, 1.54) is 0 Å². The molecule has 4 aromatic rings. The van der Waals surface area contributed by atoms with Gasteiger partial charge in [0.2, 0.25) is 5.91 Å². The van der Waals surface area contributed by atoms with Crippen LogP contribution in [0.3, 0.4) is 0 Å². The van der Waals surface area contributed by atoms with Crippen LogP contribution in [-0.2, 0) is 22.4 Å². The van der Waals surface area contributed by atoms with Gasteiger partial charge in [-0.15, -0.1) is 0 Å². The second-order valence-corrected chi connectivity index (χ2v) is 10.6. The van der Waals surface area contributed by atoms with E-state index >= 15 is 0 Å². The van der Waals surface area contributed by atoms with Crippen molar-refractivity contribution in [3.8, 4) is 0 Å². The standard InChI is InChI=1S/C28H26NO2P/c30-28(23-32(31,26-17-9-3-10-18-26)27-19-11-4-12-20-27)29(21-24-13-5-1-6-14-24)22-25-15-7-2-8-16-25/h1-20H,21-23H2. The number of rotatable bonds is 8. The van der Waals surface area contributed by atoms with Crippen LogP contribution in [0.25, 0.3) is 0 Å². The van der Waals surface area contributed by atoms with E-state index in [-0.39, 0.29) is 12.1 Å². The maximum atomic E-state index is 14.4. The third-order valence-corrected chi connectivity index (χ3v) is 8.47. The van der Waals surface area contributed by atoms with Crippen molar-refractivity contribution in [2.24, 2.45) is 0 Å². The van der Waals surface area contributed by atoms with Crippen LogP contribution < -0.4 is 10.6 Å². The third-order valence-electron chi connectivity index (χ3n) is 5.49. The molecular formula is C28H26NO2P. The number of carbonyl (C=O) groups is 1. The van der Waals surface area contributed by atoms with E-state index in [4.69, 9.17) is 0 Å². The molecule has 0 fully saturated rings. The highest BCUT2D eigenvalue weighted by molar-refractivity contribution is 7.79. The molecule has 0 spiro atoms. The molecule has 3 nitrogen and oxygen atoms in total. The predicted octanol–water partition coefficient (Wildman–Crippen LogP) is 5.23. The minimum absolute atomic E-state index is 0.0410. The number of carbonyl (C=O) groups excluding carboxylic acids is 1. The fraction of sp³-hybridized carbons (Fsp3) is 0.107. The van der Waals surface area contributed by atoms with Crippen molar-refractivity contribution in [2.45, 2.75) is 13.1 Å². The summed E-state index contributed by atoms with van der Waals surface area (Å²) in [6.07, 6.45) is -0.0410. The Morgan fingerprint density at radius 2 is 0.906 bits per heavy atom. The van der Waals surface area contributed by atoms with Crippen molar-refractivity contribution >= 4 is 23.7 Å². The summed E-state index contributed by atoms with van der Waals surface area (Å²) in [5.41, 5.74) is 2.09. The van der Waals surface area contributed by atoms with Crippen LogP contribution in [0.15, 0.2) is 121 Å². The van der Waals surface area contributed by atoms with Gasteiger partial charge in [-0.1, -0.05) is 121 Å². The van der Waals surface area contributed by atoms with Crippen molar-refractivity contribution in [1.82, 2.24) is 4.90 Å². The van der Waals surface area contributed by atoms with E-state index in [9.17, 15) is 9.36 Å². The monoisotopic (exact) mass is 439 g/mol. The number of amides is 1. The quantitative estimate of drug-likeness (QED) is 0.353. The average molecular weight is 439 g/mol. The molecule has 0 atom stereocenters. The Morgan fingerprint density at radius 1 is 0.562 bits per heavy atom. The van der Waals surface area contributed by atoms with Crippen LogP contribution in [0.4, 0.5) is 0 Å². The minimum Gasteiger partial charge on any atom is -0.334 e. The first-order valence-corrected chi connectivity index (χ1v) is 12.6. The predicted molar refractivity (Wildman–Crippen MR) is 132 cm³/mol. The maximum Gasteiger partial charge on any atom is 0.231 e. The first-order chi connectivity index (χ1) is 15.6. The zero-order chi connectivity index (χ0) is 22.2. The zero-order valence-corrected chi connectivity index (χ0v) is 18.8. The van der Waals surface area contributed by atoms with E-state index in [2.05, 4.69) is 0 Å². The lowest BCUT2D eigenvalue weighted by atomic mass is 10.1. The topological polar surface area (TPSA) is 37.4 Å². The van der Waals surface area contributed by atoms with Gasteiger partial charge in [0.25, 0.3) is 0 Å². The van der Waals surface area contributed by atoms with E-state index in [0.29, 0.717) is 23.7 Å². The van der Waals surface area contributed by atoms with E-state index < -0.39 is 7.14 Å². The molecule has 4 rings (SSSR count). The Hall–Kier alpha value is -3.42. The first-order valence-electron chi connectivity index (χ1n) is 10.7. The molecule has 0 saturated heterocycles. The largest absolute Gasteiger partial charge is 0.334 e. The second-order valence-electron chi connectivity index (χ2n) is 7.79. The Labute approximate surface area is 189 Å². The molecule has 0 aliphatic rings. The summed E-state index contributed by atoms with van der Waals surface area (Å²) in [6, 6.07) is 38.6. The van der Waals surface area contributed by atoms with Crippen LogP contribution in [0.2, 0.25) is 0 Å². The molecule has 0 aliphatic heterocycles. The molecule has 0 unspecified atom stereocenters. The molecule has 0 radical (unpaired) electrons. The van der Waals surface area contributed by atoms with Crippen LogP contribution >= 0.6 is 7.14 Å². The molecule has 32 heavy (non-hydrogen) atoms. The highest BCUT2D eigenvalue weighted by Gasteiger charge is 2.32. The van der Waals surface area contributed by atoms with Gasteiger partial charge < -0.3 is 9.46 Å². The second kappa shape index (κ2) is 10.3. The summed E-state index contributed by atoms with van der Waals surface area (Å²) in [5.74, 6) is -0.117. The highest BCUT2D eigenvalue weighted by Crippen LogP contribution is 2.43. The summed E-state index contributed by atoms with van der Waals surface area (Å²) in [6.45, 7) is 0.941. The van der Waals surface area contributed by atoms with Crippen molar-refractivity contribution in [3.63, 3.8) is 0 Å². The summed E-state index contributed by atoms with van der Waals surface area (Å²) < 4.78 is 14.4. The molecule has 0 N–H and O–H groups in total. The summed E-state index contributed by atoms with van der Waals surface area (Å²) >= 11 is 0.